The lowest BCUT2D eigenvalue weighted by Crippen LogP contribution is -2.10. The van der Waals surface area contributed by atoms with Crippen molar-refractivity contribution < 1.29 is 9.90 Å². The Balaban J connectivity index is 2.41. The van der Waals surface area contributed by atoms with Crippen LogP contribution in [0.1, 0.15) is 19.4 Å². The molecule has 2 aromatic rings. The molecule has 0 aliphatic carbocycles. The van der Waals surface area contributed by atoms with E-state index in [0.717, 1.165) is 17.8 Å². The number of aliphatic carboxylic acids is 1. The summed E-state index contributed by atoms with van der Waals surface area (Å²) in [6.07, 6.45) is 1.72. The van der Waals surface area contributed by atoms with Crippen molar-refractivity contribution in [3.8, 4) is 11.5 Å². The maximum absolute atomic E-state index is 10.7. The van der Waals surface area contributed by atoms with Gasteiger partial charge in [-0.1, -0.05) is 31.7 Å². The van der Waals surface area contributed by atoms with Crippen LogP contribution >= 0.6 is 11.8 Å². The third kappa shape index (κ3) is 3.81. The molecule has 2 aromatic heterocycles. The molecule has 0 aliphatic rings. The summed E-state index contributed by atoms with van der Waals surface area (Å²) in [4.78, 5) is 15.1. The third-order valence-corrected chi connectivity index (χ3v) is 3.76. The Morgan fingerprint density at radius 1 is 1.43 bits per heavy atom. The van der Waals surface area contributed by atoms with Gasteiger partial charge in [0.15, 0.2) is 11.0 Å². The van der Waals surface area contributed by atoms with Crippen molar-refractivity contribution in [1.82, 2.24) is 19.7 Å². The molecule has 21 heavy (non-hydrogen) atoms. The maximum atomic E-state index is 10.7. The summed E-state index contributed by atoms with van der Waals surface area (Å²) in [5.74, 6) is 0.189. The topological polar surface area (TPSA) is 80.9 Å². The standard InChI is InChI=1S/C14H18N4O2S/c1-9(2)7-18-13(12-10(3)5-4-6-15-12)16-17-14(18)21-8-11(19)20/h4-6,9H,7-8H2,1-3H3,(H,19,20). The summed E-state index contributed by atoms with van der Waals surface area (Å²) in [6, 6.07) is 3.85. The number of hydrogen-bond acceptors (Lipinski definition) is 5. The first kappa shape index (κ1) is 15.5. The van der Waals surface area contributed by atoms with Crippen LogP contribution in [0.3, 0.4) is 0 Å². The maximum Gasteiger partial charge on any atom is 0.313 e. The second-order valence-corrected chi connectivity index (χ2v) is 6.10. The number of pyridine rings is 1. The normalized spacial score (nSPS) is 11.0. The molecule has 0 aliphatic heterocycles. The van der Waals surface area contributed by atoms with Gasteiger partial charge >= 0.3 is 5.97 Å². The molecule has 0 amide bonds. The minimum Gasteiger partial charge on any atom is -0.481 e. The number of thioether (sulfide) groups is 1. The molecule has 0 fully saturated rings. The summed E-state index contributed by atoms with van der Waals surface area (Å²) in [5, 5.41) is 17.8. The van der Waals surface area contributed by atoms with Gasteiger partial charge in [-0.05, 0) is 24.5 Å². The molecule has 0 bridgehead atoms. The van der Waals surface area contributed by atoms with E-state index in [1.54, 1.807) is 6.20 Å². The van der Waals surface area contributed by atoms with Crippen LogP contribution in [0.5, 0.6) is 0 Å². The highest BCUT2D eigenvalue weighted by Gasteiger charge is 2.18. The van der Waals surface area contributed by atoms with E-state index in [4.69, 9.17) is 5.11 Å². The van der Waals surface area contributed by atoms with Crippen molar-refractivity contribution in [2.75, 3.05) is 5.75 Å². The highest BCUT2D eigenvalue weighted by atomic mass is 32.2. The van der Waals surface area contributed by atoms with Gasteiger partial charge in [-0.3, -0.25) is 9.78 Å². The van der Waals surface area contributed by atoms with Crippen molar-refractivity contribution >= 4 is 17.7 Å². The van der Waals surface area contributed by atoms with Gasteiger partial charge in [0, 0.05) is 12.7 Å². The monoisotopic (exact) mass is 306 g/mol. The summed E-state index contributed by atoms with van der Waals surface area (Å²) in [5.41, 5.74) is 1.80. The number of carboxylic acids is 1. The highest BCUT2D eigenvalue weighted by molar-refractivity contribution is 7.99. The largest absolute Gasteiger partial charge is 0.481 e. The van der Waals surface area contributed by atoms with Gasteiger partial charge in [0.25, 0.3) is 0 Å². The molecule has 0 aromatic carbocycles. The molecule has 2 heterocycles. The van der Waals surface area contributed by atoms with Crippen LogP contribution < -0.4 is 0 Å². The fourth-order valence-electron chi connectivity index (χ4n) is 1.95. The van der Waals surface area contributed by atoms with Gasteiger partial charge in [-0.15, -0.1) is 10.2 Å². The van der Waals surface area contributed by atoms with Crippen LogP contribution in [0.4, 0.5) is 0 Å². The smallest absolute Gasteiger partial charge is 0.313 e. The van der Waals surface area contributed by atoms with Crippen LogP contribution in [0.25, 0.3) is 11.5 Å². The molecule has 0 unspecified atom stereocenters. The molecule has 1 N–H and O–H groups in total. The zero-order chi connectivity index (χ0) is 15.4. The Bertz CT molecular complexity index is 640. The summed E-state index contributed by atoms with van der Waals surface area (Å²) >= 11 is 1.18. The second kappa shape index (κ2) is 6.71. The first-order valence-corrected chi connectivity index (χ1v) is 7.67. The Hall–Kier alpha value is -1.89. The minimum atomic E-state index is -0.866. The summed E-state index contributed by atoms with van der Waals surface area (Å²) < 4.78 is 1.95. The molecule has 0 spiro atoms. The van der Waals surface area contributed by atoms with Crippen LogP contribution in [0.2, 0.25) is 0 Å². The molecule has 0 saturated heterocycles. The number of hydrogen-bond donors (Lipinski definition) is 1. The fraction of sp³-hybridized carbons (Fsp3) is 0.429. The summed E-state index contributed by atoms with van der Waals surface area (Å²) in [7, 11) is 0. The molecule has 0 atom stereocenters. The molecule has 112 valence electrons. The van der Waals surface area contributed by atoms with Crippen molar-refractivity contribution in [3.63, 3.8) is 0 Å². The summed E-state index contributed by atoms with van der Waals surface area (Å²) in [6.45, 7) is 6.89. The van der Waals surface area contributed by atoms with Crippen LogP contribution in [-0.4, -0.2) is 36.6 Å². The lowest BCUT2D eigenvalue weighted by atomic mass is 10.2. The second-order valence-electron chi connectivity index (χ2n) is 5.16. The quantitative estimate of drug-likeness (QED) is 0.826. The Morgan fingerprint density at radius 3 is 2.81 bits per heavy atom. The van der Waals surface area contributed by atoms with E-state index in [1.807, 2.05) is 23.6 Å². The van der Waals surface area contributed by atoms with E-state index >= 15 is 0 Å². The fourth-order valence-corrected chi connectivity index (χ4v) is 2.61. The van der Waals surface area contributed by atoms with Crippen molar-refractivity contribution in [2.45, 2.75) is 32.5 Å². The van der Waals surface area contributed by atoms with E-state index in [0.29, 0.717) is 16.9 Å². The average molecular weight is 306 g/mol. The molecular weight excluding hydrogens is 288 g/mol. The SMILES string of the molecule is Cc1cccnc1-c1nnc(SCC(=O)O)n1CC(C)C. The van der Waals surface area contributed by atoms with Gasteiger partial charge in [0.1, 0.15) is 5.69 Å². The minimum absolute atomic E-state index is 0.0303. The van der Waals surface area contributed by atoms with Crippen molar-refractivity contribution in [3.05, 3.63) is 23.9 Å². The molecule has 2 rings (SSSR count). The highest BCUT2D eigenvalue weighted by Crippen LogP contribution is 2.25. The Labute approximate surface area is 127 Å². The number of rotatable bonds is 6. The molecule has 0 radical (unpaired) electrons. The first-order chi connectivity index (χ1) is 9.99. The van der Waals surface area contributed by atoms with E-state index in [9.17, 15) is 4.79 Å². The van der Waals surface area contributed by atoms with Crippen LogP contribution in [0, 0.1) is 12.8 Å². The Morgan fingerprint density at radius 2 is 2.19 bits per heavy atom. The number of aryl methyl sites for hydroxylation is 1. The molecule has 0 saturated carbocycles. The predicted octanol–water partition coefficient (Wildman–Crippen LogP) is 2.48. The van der Waals surface area contributed by atoms with Crippen LogP contribution in [-0.2, 0) is 11.3 Å². The van der Waals surface area contributed by atoms with E-state index in [-0.39, 0.29) is 5.75 Å². The number of carbonyl (C=O) groups is 1. The lowest BCUT2D eigenvalue weighted by molar-refractivity contribution is -0.133. The van der Waals surface area contributed by atoms with Crippen molar-refractivity contribution in [2.24, 2.45) is 5.92 Å². The van der Waals surface area contributed by atoms with Gasteiger partial charge in [0.2, 0.25) is 0 Å². The van der Waals surface area contributed by atoms with Gasteiger partial charge in [-0.25, -0.2) is 0 Å². The number of aromatic nitrogens is 4. The number of carboxylic acid groups (broad SMARTS) is 1. The Kier molecular flexibility index (Phi) is 4.95. The zero-order valence-corrected chi connectivity index (χ0v) is 13.1. The molecule has 7 heteroatoms. The number of nitrogens with zero attached hydrogens (tertiary/aromatic N) is 4. The van der Waals surface area contributed by atoms with E-state index in [1.165, 1.54) is 11.8 Å². The van der Waals surface area contributed by atoms with Crippen LogP contribution in [0.15, 0.2) is 23.5 Å². The van der Waals surface area contributed by atoms with Gasteiger partial charge in [-0.2, -0.15) is 0 Å². The molecule has 6 nitrogen and oxygen atoms in total. The lowest BCUT2D eigenvalue weighted by Gasteiger charge is -2.12. The average Bonchev–Trinajstić information content (AvgIpc) is 2.79. The first-order valence-electron chi connectivity index (χ1n) is 6.68. The van der Waals surface area contributed by atoms with Gasteiger partial charge < -0.3 is 9.67 Å². The zero-order valence-electron chi connectivity index (χ0n) is 12.3. The predicted molar refractivity (Wildman–Crippen MR) is 81.2 cm³/mol. The van der Waals surface area contributed by atoms with E-state index in [2.05, 4.69) is 29.0 Å². The van der Waals surface area contributed by atoms with Crippen molar-refractivity contribution in [1.29, 1.82) is 0 Å². The third-order valence-electron chi connectivity index (χ3n) is 2.81. The molecular formula is C14H18N4O2S. The van der Waals surface area contributed by atoms with Gasteiger partial charge in [0.05, 0.1) is 5.75 Å². The van der Waals surface area contributed by atoms with E-state index < -0.39 is 5.97 Å².